The van der Waals surface area contributed by atoms with Crippen molar-refractivity contribution in [3.05, 3.63) is 95.3 Å². The van der Waals surface area contributed by atoms with E-state index in [9.17, 15) is 9.90 Å². The van der Waals surface area contributed by atoms with Crippen LogP contribution in [0.25, 0.3) is 0 Å². The molecule has 2 heterocycles. The maximum absolute atomic E-state index is 11.3. The number of carbonyl (C=O) groups is 1. The summed E-state index contributed by atoms with van der Waals surface area (Å²) < 4.78 is 0. The van der Waals surface area contributed by atoms with Gasteiger partial charge in [-0.05, 0) is 29.3 Å². The van der Waals surface area contributed by atoms with Crippen molar-refractivity contribution >= 4 is 17.5 Å². The zero-order valence-electron chi connectivity index (χ0n) is 14.0. The number of carboxylic acid groups (broad SMARTS) is 1. The van der Waals surface area contributed by atoms with E-state index in [1.54, 1.807) is 18.3 Å². The Balaban J connectivity index is 1.77. The van der Waals surface area contributed by atoms with Crippen LogP contribution in [0.2, 0.25) is 0 Å². The van der Waals surface area contributed by atoms with Gasteiger partial charge in [-0.3, -0.25) is 4.98 Å². The molecule has 0 bridgehead atoms. The van der Waals surface area contributed by atoms with Crippen molar-refractivity contribution in [2.45, 2.75) is 13.1 Å². The number of aromatic nitrogens is 1. The number of hydrogen-bond donors (Lipinski definition) is 1. The zero-order chi connectivity index (χ0) is 17.9. The third-order valence-electron chi connectivity index (χ3n) is 4.35. The van der Waals surface area contributed by atoms with Crippen LogP contribution < -0.4 is 0 Å². The second-order valence-electron chi connectivity index (χ2n) is 6.17. The fraction of sp³-hybridized carbons (Fsp3) is 0.0952. The van der Waals surface area contributed by atoms with E-state index in [0.717, 1.165) is 22.5 Å². The molecule has 3 aromatic rings. The molecule has 4 rings (SSSR count). The van der Waals surface area contributed by atoms with Gasteiger partial charge in [0.25, 0.3) is 0 Å². The molecular formula is C21H17N3O2. The number of amidine groups is 1. The molecular weight excluding hydrogens is 326 g/mol. The van der Waals surface area contributed by atoms with Gasteiger partial charge in [0.1, 0.15) is 5.84 Å². The van der Waals surface area contributed by atoms with Crippen LogP contribution in [0.5, 0.6) is 0 Å². The molecule has 5 nitrogen and oxygen atoms in total. The quantitative estimate of drug-likeness (QED) is 0.781. The smallest absolute Gasteiger partial charge is 0.335 e. The Kier molecular flexibility index (Phi) is 4.19. The third-order valence-corrected chi connectivity index (χ3v) is 4.35. The van der Waals surface area contributed by atoms with Crippen LogP contribution in [0.4, 0.5) is 5.69 Å². The molecule has 5 heteroatoms. The summed E-state index contributed by atoms with van der Waals surface area (Å²) in [6.45, 7) is 1.35. The normalized spacial score (nSPS) is 13.1. The minimum atomic E-state index is -0.943. The van der Waals surface area contributed by atoms with Gasteiger partial charge in [-0.15, -0.1) is 0 Å². The lowest BCUT2D eigenvalue weighted by molar-refractivity contribution is 0.0697. The second-order valence-corrected chi connectivity index (χ2v) is 6.17. The van der Waals surface area contributed by atoms with E-state index in [2.05, 4.69) is 9.88 Å². The molecule has 0 aliphatic carbocycles. The number of nitrogens with zero attached hydrogens (tertiary/aromatic N) is 3. The van der Waals surface area contributed by atoms with Crippen LogP contribution >= 0.6 is 0 Å². The summed E-state index contributed by atoms with van der Waals surface area (Å²) in [4.78, 5) is 22.5. The predicted molar refractivity (Wildman–Crippen MR) is 99.5 cm³/mol. The van der Waals surface area contributed by atoms with Crippen molar-refractivity contribution in [1.29, 1.82) is 0 Å². The van der Waals surface area contributed by atoms with Crippen LogP contribution in [-0.2, 0) is 13.1 Å². The topological polar surface area (TPSA) is 65.8 Å². The minimum absolute atomic E-state index is 0.251. The van der Waals surface area contributed by atoms with Crippen LogP contribution in [-0.4, -0.2) is 26.8 Å². The maximum atomic E-state index is 11.3. The van der Waals surface area contributed by atoms with Crippen LogP contribution in [0.1, 0.15) is 27.0 Å². The van der Waals surface area contributed by atoms with Gasteiger partial charge in [0.2, 0.25) is 0 Å². The Morgan fingerprint density at radius 3 is 2.65 bits per heavy atom. The predicted octanol–water partition coefficient (Wildman–Crippen LogP) is 3.87. The van der Waals surface area contributed by atoms with Gasteiger partial charge in [-0.1, -0.05) is 42.5 Å². The molecule has 128 valence electrons. The second kappa shape index (κ2) is 6.80. The lowest BCUT2D eigenvalue weighted by Crippen LogP contribution is -2.33. The molecule has 1 aliphatic rings. The van der Waals surface area contributed by atoms with Crippen molar-refractivity contribution in [2.24, 2.45) is 4.99 Å². The van der Waals surface area contributed by atoms with Crippen molar-refractivity contribution in [2.75, 3.05) is 0 Å². The number of fused-ring (bicyclic) bond motifs is 1. The first-order valence-corrected chi connectivity index (χ1v) is 8.35. The largest absolute Gasteiger partial charge is 0.478 e. The summed E-state index contributed by atoms with van der Waals surface area (Å²) in [6.07, 6.45) is 3.61. The van der Waals surface area contributed by atoms with Gasteiger partial charge in [0.05, 0.1) is 11.3 Å². The number of hydrogen-bond acceptors (Lipinski definition) is 4. The number of carboxylic acids is 1. The van der Waals surface area contributed by atoms with Gasteiger partial charge in [-0.25, -0.2) is 9.79 Å². The van der Waals surface area contributed by atoms with Gasteiger partial charge in [-0.2, -0.15) is 0 Å². The van der Waals surface area contributed by atoms with Crippen molar-refractivity contribution < 1.29 is 9.90 Å². The number of pyridine rings is 1. The fourth-order valence-electron chi connectivity index (χ4n) is 3.08. The highest BCUT2D eigenvalue weighted by Gasteiger charge is 2.22. The Labute approximate surface area is 151 Å². The minimum Gasteiger partial charge on any atom is -0.478 e. The zero-order valence-corrected chi connectivity index (χ0v) is 14.0. The van der Waals surface area contributed by atoms with Gasteiger partial charge < -0.3 is 10.0 Å². The Morgan fingerprint density at radius 1 is 1.08 bits per heavy atom. The highest BCUT2D eigenvalue weighted by molar-refractivity contribution is 6.01. The number of rotatable bonds is 4. The van der Waals surface area contributed by atoms with E-state index in [1.165, 1.54) is 0 Å². The van der Waals surface area contributed by atoms with E-state index in [4.69, 9.17) is 4.99 Å². The summed E-state index contributed by atoms with van der Waals surface area (Å²) >= 11 is 0. The summed E-state index contributed by atoms with van der Waals surface area (Å²) in [5.74, 6) is -0.105. The average molecular weight is 343 g/mol. The third kappa shape index (κ3) is 3.19. The molecule has 0 saturated heterocycles. The molecule has 0 atom stereocenters. The fourth-order valence-corrected chi connectivity index (χ4v) is 3.08. The van der Waals surface area contributed by atoms with Gasteiger partial charge in [0.15, 0.2) is 0 Å². The van der Waals surface area contributed by atoms with Gasteiger partial charge >= 0.3 is 5.97 Å². The van der Waals surface area contributed by atoms with Crippen LogP contribution in [0, 0.1) is 0 Å². The van der Waals surface area contributed by atoms with Crippen LogP contribution in [0.15, 0.2) is 78.0 Å². The summed E-state index contributed by atoms with van der Waals surface area (Å²) in [7, 11) is 0. The molecule has 0 fully saturated rings. The molecule has 2 aromatic carbocycles. The molecule has 0 amide bonds. The molecule has 26 heavy (non-hydrogen) atoms. The standard InChI is InChI=1S/C21H17N3O2/c25-21(26)17-8-9-18-14-24(13-15-5-4-10-22-12-15)20(23-19(18)11-17)16-6-2-1-3-7-16/h1-12H,13-14H2,(H,25,26). The van der Waals surface area contributed by atoms with Crippen molar-refractivity contribution in [3.63, 3.8) is 0 Å². The van der Waals surface area contributed by atoms with E-state index in [0.29, 0.717) is 18.8 Å². The highest BCUT2D eigenvalue weighted by Crippen LogP contribution is 2.30. The Bertz CT molecular complexity index is 969. The molecule has 0 unspecified atom stereocenters. The average Bonchev–Trinajstić information content (AvgIpc) is 2.68. The molecule has 1 aromatic heterocycles. The van der Waals surface area contributed by atoms with E-state index < -0.39 is 5.97 Å². The molecule has 0 saturated carbocycles. The molecule has 1 N–H and O–H groups in total. The summed E-state index contributed by atoms with van der Waals surface area (Å²) in [5.41, 5.74) is 4.08. The lowest BCUT2D eigenvalue weighted by atomic mass is 10.0. The van der Waals surface area contributed by atoms with Crippen LogP contribution in [0.3, 0.4) is 0 Å². The molecule has 0 radical (unpaired) electrons. The SMILES string of the molecule is O=C(O)c1ccc2c(c1)N=C(c1ccccc1)N(Cc1cccnc1)C2. The number of aromatic carboxylic acids is 1. The Morgan fingerprint density at radius 2 is 1.92 bits per heavy atom. The Hall–Kier alpha value is -3.47. The van der Waals surface area contributed by atoms with E-state index in [1.807, 2.05) is 54.7 Å². The number of benzene rings is 2. The first-order valence-electron chi connectivity index (χ1n) is 8.35. The molecule has 1 aliphatic heterocycles. The maximum Gasteiger partial charge on any atom is 0.335 e. The molecule has 0 spiro atoms. The van der Waals surface area contributed by atoms with Crippen molar-refractivity contribution in [1.82, 2.24) is 9.88 Å². The van der Waals surface area contributed by atoms with Gasteiger partial charge in [0, 0.05) is 31.0 Å². The first kappa shape index (κ1) is 16.0. The summed E-state index contributed by atoms with van der Waals surface area (Å²) in [6, 6.07) is 19.0. The van der Waals surface area contributed by atoms with E-state index in [-0.39, 0.29) is 5.56 Å². The monoisotopic (exact) mass is 343 g/mol. The number of aliphatic imine (C=N–C) groups is 1. The van der Waals surface area contributed by atoms with Crippen molar-refractivity contribution in [3.8, 4) is 0 Å². The summed E-state index contributed by atoms with van der Waals surface area (Å²) in [5, 5.41) is 9.25. The van der Waals surface area contributed by atoms with E-state index >= 15 is 0 Å². The lowest BCUT2D eigenvalue weighted by Gasteiger charge is -2.31. The highest BCUT2D eigenvalue weighted by atomic mass is 16.4. The first-order chi connectivity index (χ1) is 12.7.